The molecule has 3 amide bonds. The Morgan fingerprint density at radius 3 is 2.38 bits per heavy atom. The number of amides is 3. The molecule has 3 aliphatic rings. The molecule has 1 saturated heterocycles. The number of imide groups is 1. The van der Waals surface area contributed by atoms with Crippen LogP contribution in [0, 0.1) is 30.6 Å². The molecule has 0 spiro atoms. The molecule has 2 aliphatic carbocycles. The van der Waals surface area contributed by atoms with Gasteiger partial charge >= 0.3 is 5.97 Å². The molecule has 0 unspecified atom stereocenters. The number of fused-ring (bicyclic) bond motifs is 5. The van der Waals surface area contributed by atoms with Crippen molar-refractivity contribution in [3.8, 4) is 0 Å². The van der Waals surface area contributed by atoms with E-state index in [9.17, 15) is 19.2 Å². The van der Waals surface area contributed by atoms with Crippen LogP contribution in [-0.4, -0.2) is 30.3 Å². The predicted octanol–water partition coefficient (Wildman–Crippen LogP) is 5.37. The molecule has 2 saturated carbocycles. The van der Waals surface area contributed by atoms with Crippen LogP contribution >= 0.6 is 11.6 Å². The molecule has 0 radical (unpaired) electrons. The number of nitrogens with zero attached hydrogens (tertiary/aromatic N) is 1. The number of ether oxygens (including phenoxy) is 1. The van der Waals surface area contributed by atoms with Crippen molar-refractivity contribution in [2.24, 2.45) is 23.7 Å². The minimum absolute atomic E-state index is 0.146. The molecule has 3 aromatic carbocycles. The van der Waals surface area contributed by atoms with Crippen LogP contribution in [0.2, 0.25) is 5.02 Å². The van der Waals surface area contributed by atoms with Gasteiger partial charge in [-0.1, -0.05) is 48.0 Å². The van der Waals surface area contributed by atoms with Crippen LogP contribution in [0.3, 0.4) is 0 Å². The highest BCUT2D eigenvalue weighted by molar-refractivity contribution is 6.31. The molecule has 198 valence electrons. The van der Waals surface area contributed by atoms with E-state index in [4.69, 9.17) is 16.3 Å². The third-order valence-electron chi connectivity index (χ3n) is 8.39. The first-order chi connectivity index (χ1) is 18.8. The quantitative estimate of drug-likeness (QED) is 0.334. The molecule has 0 aromatic heterocycles. The van der Waals surface area contributed by atoms with Crippen molar-refractivity contribution in [2.75, 3.05) is 16.8 Å². The third kappa shape index (κ3) is 4.51. The molecular weight excluding hydrogens is 516 g/mol. The van der Waals surface area contributed by atoms with E-state index >= 15 is 0 Å². The minimum atomic E-state index is -0.682. The van der Waals surface area contributed by atoms with Gasteiger partial charge in [-0.3, -0.25) is 19.3 Å². The summed E-state index contributed by atoms with van der Waals surface area (Å²) in [6.07, 6.45) is 1.84. The summed E-state index contributed by atoms with van der Waals surface area (Å²) in [6, 6.07) is 21.5. The number of anilines is 2. The number of carbonyl (C=O) groups excluding carboxylic acids is 4. The first kappa shape index (κ1) is 25.3. The lowest BCUT2D eigenvalue weighted by Gasteiger charge is -2.28. The molecule has 1 N–H and O–H groups in total. The van der Waals surface area contributed by atoms with Crippen molar-refractivity contribution in [2.45, 2.75) is 25.7 Å². The molecule has 3 fully saturated rings. The molecule has 39 heavy (non-hydrogen) atoms. The van der Waals surface area contributed by atoms with Crippen LogP contribution in [0.5, 0.6) is 0 Å². The highest BCUT2D eigenvalue weighted by Gasteiger charge is 2.64. The fourth-order valence-corrected chi connectivity index (χ4v) is 6.81. The van der Waals surface area contributed by atoms with Gasteiger partial charge in [-0.2, -0.15) is 0 Å². The summed E-state index contributed by atoms with van der Waals surface area (Å²) >= 11 is 6.08. The van der Waals surface area contributed by atoms with E-state index in [1.54, 1.807) is 30.3 Å². The van der Waals surface area contributed by atoms with Crippen molar-refractivity contribution in [3.63, 3.8) is 0 Å². The smallest absolute Gasteiger partial charge is 0.338 e. The van der Waals surface area contributed by atoms with Crippen molar-refractivity contribution in [3.05, 3.63) is 94.5 Å². The number of carbonyl (C=O) groups is 4. The lowest BCUT2D eigenvalue weighted by Crippen LogP contribution is -2.33. The van der Waals surface area contributed by atoms with Gasteiger partial charge in [0.05, 0.1) is 23.1 Å². The Bertz CT molecular complexity index is 1470. The number of esters is 1. The average molecular weight is 543 g/mol. The summed E-state index contributed by atoms with van der Waals surface area (Å²) < 4.78 is 5.14. The molecule has 8 heteroatoms. The lowest BCUT2D eigenvalue weighted by molar-refractivity contribution is -0.123. The van der Waals surface area contributed by atoms with Gasteiger partial charge in [0.15, 0.2) is 6.61 Å². The van der Waals surface area contributed by atoms with Crippen LogP contribution in [0.15, 0.2) is 72.8 Å². The molecule has 5 atom stereocenters. The van der Waals surface area contributed by atoms with E-state index in [1.165, 1.54) is 22.6 Å². The second kappa shape index (κ2) is 9.97. The molecule has 7 nitrogen and oxygen atoms in total. The Hall–Kier alpha value is -3.97. The van der Waals surface area contributed by atoms with Gasteiger partial charge in [-0.15, -0.1) is 0 Å². The monoisotopic (exact) mass is 542 g/mol. The number of hydrogen-bond donors (Lipinski definition) is 1. The van der Waals surface area contributed by atoms with Gasteiger partial charge in [0, 0.05) is 10.7 Å². The van der Waals surface area contributed by atoms with Crippen LogP contribution in [-0.2, 0) is 19.1 Å². The number of halogens is 1. The average Bonchev–Trinajstić information content (AvgIpc) is 3.61. The standard InChI is InChI=1S/C31H27ClN2O5/c1-17-7-10-21(15-25(17)32)33-26(35)16-39-31(38)19-8-11-22(12-9-19)34-29(36)27-20-13-23(18-5-3-2-4-6-18)24(14-20)28(27)30(34)37/h2-12,15,20,23-24,27-28H,13-14,16H2,1H3,(H,33,35)/t20-,23+,24+,27+,28+/m0/s1. The highest BCUT2D eigenvalue weighted by atomic mass is 35.5. The van der Waals surface area contributed by atoms with Gasteiger partial charge < -0.3 is 10.1 Å². The molecule has 1 aliphatic heterocycles. The Morgan fingerprint density at radius 1 is 0.949 bits per heavy atom. The normalized spacial score (nSPS) is 25.1. The Labute approximate surface area is 231 Å². The van der Waals surface area contributed by atoms with Crippen LogP contribution in [0.4, 0.5) is 11.4 Å². The maximum absolute atomic E-state index is 13.5. The molecule has 2 bridgehead atoms. The SMILES string of the molecule is Cc1ccc(NC(=O)COC(=O)c2ccc(N3C(=O)[C@@H]4[C@@H]5C[C@@H]([C@H]4C3=O)[C@@H](c3ccccc3)C5)cc2)cc1Cl. The molecule has 3 aromatic rings. The van der Waals surface area contributed by atoms with E-state index in [0.717, 1.165) is 18.4 Å². The minimum Gasteiger partial charge on any atom is -0.452 e. The van der Waals surface area contributed by atoms with E-state index in [2.05, 4.69) is 17.4 Å². The summed E-state index contributed by atoms with van der Waals surface area (Å²) in [5.41, 5.74) is 3.29. The zero-order valence-corrected chi connectivity index (χ0v) is 22.1. The zero-order chi connectivity index (χ0) is 27.3. The lowest BCUT2D eigenvalue weighted by atomic mass is 9.73. The molecule has 6 rings (SSSR count). The van der Waals surface area contributed by atoms with Gasteiger partial charge in [0.25, 0.3) is 5.91 Å². The molecule has 1 heterocycles. The fourth-order valence-electron chi connectivity index (χ4n) is 6.63. The number of hydrogen-bond acceptors (Lipinski definition) is 5. The van der Waals surface area contributed by atoms with E-state index in [0.29, 0.717) is 22.3 Å². The van der Waals surface area contributed by atoms with Crippen molar-refractivity contribution < 1.29 is 23.9 Å². The Kier molecular flexibility index (Phi) is 6.47. The first-order valence-corrected chi connectivity index (χ1v) is 13.5. The van der Waals surface area contributed by atoms with Gasteiger partial charge in [0.2, 0.25) is 11.8 Å². The fraction of sp³-hybridized carbons (Fsp3) is 0.290. The maximum atomic E-state index is 13.5. The van der Waals surface area contributed by atoms with E-state index < -0.39 is 18.5 Å². The van der Waals surface area contributed by atoms with Crippen LogP contribution in [0.1, 0.15) is 40.2 Å². The number of aryl methyl sites for hydroxylation is 1. The van der Waals surface area contributed by atoms with Crippen LogP contribution in [0.25, 0.3) is 0 Å². The Morgan fingerprint density at radius 2 is 1.67 bits per heavy atom. The van der Waals surface area contributed by atoms with Crippen LogP contribution < -0.4 is 10.2 Å². The largest absolute Gasteiger partial charge is 0.452 e. The second-order valence-corrected chi connectivity index (χ2v) is 11.0. The summed E-state index contributed by atoms with van der Waals surface area (Å²) in [7, 11) is 0. The van der Waals surface area contributed by atoms with Gasteiger partial charge in [-0.05, 0) is 85.0 Å². The number of benzene rings is 3. The van der Waals surface area contributed by atoms with Crippen molar-refractivity contribution in [1.82, 2.24) is 0 Å². The molecular formula is C31H27ClN2O5. The van der Waals surface area contributed by atoms with Crippen molar-refractivity contribution in [1.29, 1.82) is 0 Å². The highest BCUT2D eigenvalue weighted by Crippen LogP contribution is 2.61. The summed E-state index contributed by atoms with van der Waals surface area (Å²) in [5, 5.41) is 3.16. The number of rotatable bonds is 6. The topological polar surface area (TPSA) is 92.8 Å². The second-order valence-electron chi connectivity index (χ2n) is 10.6. The first-order valence-electron chi connectivity index (χ1n) is 13.1. The maximum Gasteiger partial charge on any atom is 0.338 e. The van der Waals surface area contributed by atoms with E-state index in [1.807, 2.05) is 25.1 Å². The summed E-state index contributed by atoms with van der Waals surface area (Å²) in [6.45, 7) is 1.39. The predicted molar refractivity (Wildman–Crippen MR) is 146 cm³/mol. The number of nitrogens with one attached hydrogen (secondary N) is 1. The van der Waals surface area contributed by atoms with Gasteiger partial charge in [-0.25, -0.2) is 4.79 Å². The van der Waals surface area contributed by atoms with Crippen molar-refractivity contribution >= 4 is 46.7 Å². The third-order valence-corrected chi connectivity index (χ3v) is 8.80. The van der Waals surface area contributed by atoms with E-state index in [-0.39, 0.29) is 41.0 Å². The summed E-state index contributed by atoms with van der Waals surface area (Å²) in [5.74, 6) is -1.37. The Balaban J connectivity index is 1.09. The zero-order valence-electron chi connectivity index (χ0n) is 21.3. The summed E-state index contributed by atoms with van der Waals surface area (Å²) in [4.78, 5) is 52.9. The van der Waals surface area contributed by atoms with Gasteiger partial charge in [0.1, 0.15) is 0 Å².